The lowest BCUT2D eigenvalue weighted by molar-refractivity contribution is 0.0372. The van der Waals surface area contributed by atoms with Gasteiger partial charge in [0, 0.05) is 70.3 Å². The summed E-state index contributed by atoms with van der Waals surface area (Å²) in [5.41, 5.74) is 4.54. The summed E-state index contributed by atoms with van der Waals surface area (Å²) >= 11 is 0. The maximum atomic E-state index is 11.7. The van der Waals surface area contributed by atoms with Crippen LogP contribution in [0, 0.1) is 0 Å². The number of nitrogens with one attached hydrogen (secondary N) is 2. The molecule has 0 radical (unpaired) electrons. The Balaban J connectivity index is 0.00000304. The van der Waals surface area contributed by atoms with E-state index in [0.29, 0.717) is 32.1 Å². The van der Waals surface area contributed by atoms with E-state index in [4.69, 9.17) is 9.72 Å². The SMILES string of the molecule is CS(=O)(=O)N1CCN(Cc2ccc(-c3cc4nccnc4c(NC[C@@H]4CNCCO4)n3)cc2)CC1.S. The number of morpholine rings is 1. The van der Waals surface area contributed by atoms with E-state index in [1.165, 1.54) is 11.8 Å². The summed E-state index contributed by atoms with van der Waals surface area (Å²) < 4.78 is 30.8. The van der Waals surface area contributed by atoms with Gasteiger partial charge in [-0.2, -0.15) is 17.8 Å². The van der Waals surface area contributed by atoms with E-state index < -0.39 is 10.0 Å². The normalized spacial score (nSPS) is 19.6. The van der Waals surface area contributed by atoms with Crippen LogP contribution in [0.3, 0.4) is 0 Å². The van der Waals surface area contributed by atoms with Crippen LogP contribution >= 0.6 is 13.5 Å². The van der Waals surface area contributed by atoms with Crippen LogP contribution in [0.15, 0.2) is 42.7 Å². The van der Waals surface area contributed by atoms with Crippen LogP contribution < -0.4 is 10.6 Å². The molecule has 2 aromatic heterocycles. The third-order valence-corrected chi connectivity index (χ3v) is 7.72. The Morgan fingerprint density at radius 3 is 2.56 bits per heavy atom. The first-order valence-corrected chi connectivity index (χ1v) is 13.8. The van der Waals surface area contributed by atoms with Crippen LogP contribution in [-0.4, -0.2) is 97.4 Å². The molecule has 0 unspecified atom stereocenters. The maximum Gasteiger partial charge on any atom is 0.211 e. The zero-order chi connectivity index (χ0) is 24.3. The minimum Gasteiger partial charge on any atom is -0.374 e. The summed E-state index contributed by atoms with van der Waals surface area (Å²) in [6.07, 6.45) is 4.73. The summed E-state index contributed by atoms with van der Waals surface area (Å²) in [7, 11) is -3.11. The Labute approximate surface area is 219 Å². The van der Waals surface area contributed by atoms with Gasteiger partial charge in [-0.05, 0) is 11.6 Å². The van der Waals surface area contributed by atoms with Gasteiger partial charge in [0.15, 0.2) is 5.82 Å². The van der Waals surface area contributed by atoms with Crippen molar-refractivity contribution in [1.82, 2.24) is 29.5 Å². The van der Waals surface area contributed by atoms with Gasteiger partial charge in [-0.15, -0.1) is 0 Å². The first kappa shape index (κ1) is 26.7. The van der Waals surface area contributed by atoms with Crippen molar-refractivity contribution in [3.8, 4) is 11.3 Å². The van der Waals surface area contributed by atoms with E-state index in [-0.39, 0.29) is 19.6 Å². The molecule has 10 nitrogen and oxygen atoms in total. The maximum absolute atomic E-state index is 11.7. The summed E-state index contributed by atoms with van der Waals surface area (Å²) in [6.45, 7) is 6.36. The van der Waals surface area contributed by atoms with Gasteiger partial charge in [-0.25, -0.2) is 18.4 Å². The molecule has 2 N–H and O–H groups in total. The molecule has 2 aliphatic rings. The molecule has 5 rings (SSSR count). The summed E-state index contributed by atoms with van der Waals surface area (Å²) in [6, 6.07) is 10.3. The molecule has 0 bridgehead atoms. The second-order valence-electron chi connectivity index (χ2n) is 8.99. The van der Waals surface area contributed by atoms with E-state index >= 15 is 0 Å². The highest BCUT2D eigenvalue weighted by Gasteiger charge is 2.23. The average molecular weight is 532 g/mol. The molecule has 0 saturated carbocycles. The standard InChI is InChI=1S/C24H31N7O3S.H2S/c1-35(32,33)31-11-9-30(10-12-31)17-18-2-4-19(5-3-18)21-14-22-23(27-7-6-26-22)24(29-21)28-16-20-15-25-8-13-34-20;/h2-7,14,20,25H,8-13,15-17H2,1H3,(H,28,29);1H2/t20-;/m0./s1. The molecule has 2 saturated heterocycles. The Morgan fingerprint density at radius 1 is 1.11 bits per heavy atom. The van der Waals surface area contributed by atoms with Crippen LogP contribution in [0.5, 0.6) is 0 Å². The predicted molar refractivity (Wildman–Crippen MR) is 146 cm³/mol. The van der Waals surface area contributed by atoms with Crippen molar-refractivity contribution < 1.29 is 13.2 Å². The highest BCUT2D eigenvalue weighted by atomic mass is 32.2. The smallest absolute Gasteiger partial charge is 0.211 e. The lowest BCUT2D eigenvalue weighted by Crippen LogP contribution is -2.47. The molecule has 0 aliphatic carbocycles. The molecule has 0 amide bonds. The molecular formula is C24H33N7O3S2. The fourth-order valence-corrected chi connectivity index (χ4v) is 5.29. The van der Waals surface area contributed by atoms with Gasteiger partial charge in [-0.3, -0.25) is 9.88 Å². The number of benzene rings is 1. The minimum absolute atomic E-state index is 0. The van der Waals surface area contributed by atoms with Crippen molar-refractivity contribution in [2.75, 3.05) is 64.0 Å². The van der Waals surface area contributed by atoms with Gasteiger partial charge in [0.1, 0.15) is 5.52 Å². The fourth-order valence-electron chi connectivity index (χ4n) is 4.46. The van der Waals surface area contributed by atoms with E-state index in [1.807, 2.05) is 6.07 Å². The molecule has 4 heterocycles. The Hall–Kier alpha value is -2.35. The molecule has 0 spiro atoms. The highest BCUT2D eigenvalue weighted by Crippen LogP contribution is 2.26. The number of sulfonamides is 1. The quantitative estimate of drug-likeness (QED) is 0.466. The lowest BCUT2D eigenvalue weighted by Gasteiger charge is -2.33. The first-order chi connectivity index (χ1) is 17.0. The lowest BCUT2D eigenvalue weighted by atomic mass is 10.1. The van der Waals surface area contributed by atoms with Gasteiger partial charge in [0.2, 0.25) is 10.0 Å². The molecule has 1 atom stereocenters. The first-order valence-electron chi connectivity index (χ1n) is 11.9. The van der Waals surface area contributed by atoms with Gasteiger partial charge >= 0.3 is 0 Å². The second-order valence-corrected chi connectivity index (χ2v) is 11.0. The molecule has 2 aliphatic heterocycles. The number of pyridine rings is 1. The number of fused-ring (bicyclic) bond motifs is 1. The Kier molecular flexibility index (Phi) is 8.75. The van der Waals surface area contributed by atoms with Crippen molar-refractivity contribution in [3.05, 3.63) is 48.3 Å². The van der Waals surface area contributed by atoms with Crippen LogP contribution in [0.2, 0.25) is 0 Å². The van der Waals surface area contributed by atoms with Crippen molar-refractivity contribution in [2.24, 2.45) is 0 Å². The van der Waals surface area contributed by atoms with Crippen LogP contribution in [0.25, 0.3) is 22.3 Å². The van der Waals surface area contributed by atoms with Crippen molar-refractivity contribution in [2.45, 2.75) is 12.6 Å². The molecule has 194 valence electrons. The number of nitrogens with zero attached hydrogens (tertiary/aromatic N) is 5. The molecule has 36 heavy (non-hydrogen) atoms. The summed E-state index contributed by atoms with van der Waals surface area (Å²) in [4.78, 5) is 16.1. The molecule has 3 aromatic rings. The van der Waals surface area contributed by atoms with Crippen LogP contribution in [0.1, 0.15) is 5.56 Å². The number of piperazine rings is 1. The number of hydrogen-bond acceptors (Lipinski definition) is 9. The number of ether oxygens (including phenoxy) is 1. The molecular weight excluding hydrogens is 498 g/mol. The van der Waals surface area contributed by atoms with Gasteiger partial charge in [0.05, 0.1) is 30.2 Å². The van der Waals surface area contributed by atoms with E-state index in [2.05, 4.69) is 49.8 Å². The topological polar surface area (TPSA) is 113 Å². The zero-order valence-corrected chi connectivity index (χ0v) is 22.2. The zero-order valence-electron chi connectivity index (χ0n) is 20.4. The number of rotatable bonds is 7. The van der Waals surface area contributed by atoms with Gasteiger partial charge in [0.25, 0.3) is 0 Å². The third kappa shape index (κ3) is 6.50. The summed E-state index contributed by atoms with van der Waals surface area (Å²) in [5, 5.41) is 6.76. The van der Waals surface area contributed by atoms with Gasteiger partial charge in [-0.1, -0.05) is 24.3 Å². The van der Waals surface area contributed by atoms with Crippen molar-refractivity contribution in [3.63, 3.8) is 0 Å². The van der Waals surface area contributed by atoms with Crippen molar-refractivity contribution >= 4 is 40.4 Å². The van der Waals surface area contributed by atoms with Gasteiger partial charge < -0.3 is 15.4 Å². The molecule has 12 heteroatoms. The van der Waals surface area contributed by atoms with Crippen LogP contribution in [-0.2, 0) is 21.3 Å². The van der Waals surface area contributed by atoms with Crippen molar-refractivity contribution in [1.29, 1.82) is 0 Å². The second kappa shape index (κ2) is 11.8. The van der Waals surface area contributed by atoms with E-state index in [1.54, 1.807) is 16.7 Å². The minimum atomic E-state index is -3.11. The number of hydrogen-bond donors (Lipinski definition) is 2. The molecule has 1 aromatic carbocycles. The summed E-state index contributed by atoms with van der Waals surface area (Å²) in [5.74, 6) is 0.701. The third-order valence-electron chi connectivity index (χ3n) is 6.41. The number of aromatic nitrogens is 3. The monoisotopic (exact) mass is 531 g/mol. The highest BCUT2D eigenvalue weighted by molar-refractivity contribution is 7.88. The predicted octanol–water partition coefficient (Wildman–Crippen LogP) is 1.28. The Bertz CT molecular complexity index is 1260. The Morgan fingerprint density at radius 2 is 1.86 bits per heavy atom. The largest absolute Gasteiger partial charge is 0.374 e. The molecule has 2 fully saturated rings. The van der Waals surface area contributed by atoms with E-state index in [9.17, 15) is 8.42 Å². The average Bonchev–Trinajstić information content (AvgIpc) is 2.88. The fraction of sp³-hybridized carbons (Fsp3) is 0.458. The number of anilines is 1. The van der Waals surface area contributed by atoms with Crippen LogP contribution in [0.4, 0.5) is 5.82 Å². The van der Waals surface area contributed by atoms with E-state index in [0.717, 1.165) is 55.0 Å².